The number of hydrogen-bond acceptors (Lipinski definition) is 3. The minimum absolute atomic E-state index is 0.0441. The molecule has 3 nitrogen and oxygen atoms in total. The van der Waals surface area contributed by atoms with Crippen molar-refractivity contribution in [3.8, 4) is 5.75 Å². The van der Waals surface area contributed by atoms with E-state index in [0.717, 1.165) is 31.7 Å². The van der Waals surface area contributed by atoms with Gasteiger partial charge in [0, 0.05) is 13.1 Å². The van der Waals surface area contributed by atoms with E-state index in [-0.39, 0.29) is 11.7 Å². The predicted octanol–water partition coefficient (Wildman–Crippen LogP) is 2.91. The second-order valence-electron chi connectivity index (χ2n) is 5.21. The van der Waals surface area contributed by atoms with Crippen LogP contribution in [0.5, 0.6) is 5.75 Å². The number of methoxy groups -OCH3 is 1. The van der Waals surface area contributed by atoms with Crippen LogP contribution < -0.4 is 10.1 Å². The largest absolute Gasteiger partial charge is 0.497 e. The summed E-state index contributed by atoms with van der Waals surface area (Å²) in [5, 5.41) is 3.48. The second kappa shape index (κ2) is 5.72. The van der Waals surface area contributed by atoms with Crippen LogP contribution in [0, 0.1) is 0 Å². The van der Waals surface area contributed by atoms with Crippen LogP contribution in [0.2, 0.25) is 0 Å². The van der Waals surface area contributed by atoms with Crippen LogP contribution in [0.1, 0.15) is 38.4 Å². The zero-order valence-corrected chi connectivity index (χ0v) is 11.5. The molecule has 0 amide bonds. The SMILES string of the molecule is CCCC1(C)CNCC(c2ccc(OC)cc2)O1. The number of morpholine rings is 1. The zero-order chi connectivity index (χ0) is 13.0. The van der Waals surface area contributed by atoms with Gasteiger partial charge in [0.05, 0.1) is 18.8 Å². The first-order chi connectivity index (χ1) is 8.67. The first-order valence-corrected chi connectivity index (χ1v) is 6.69. The highest BCUT2D eigenvalue weighted by Gasteiger charge is 2.32. The van der Waals surface area contributed by atoms with Crippen LogP contribution in [0.25, 0.3) is 0 Å². The van der Waals surface area contributed by atoms with Gasteiger partial charge in [-0.3, -0.25) is 0 Å². The minimum Gasteiger partial charge on any atom is -0.497 e. The third-order valence-electron chi connectivity index (χ3n) is 3.52. The molecule has 3 heteroatoms. The Kier molecular flexibility index (Phi) is 4.25. The highest BCUT2D eigenvalue weighted by atomic mass is 16.5. The Labute approximate surface area is 109 Å². The number of hydrogen-bond donors (Lipinski definition) is 1. The molecule has 0 spiro atoms. The van der Waals surface area contributed by atoms with Crippen molar-refractivity contribution in [2.45, 2.75) is 38.4 Å². The van der Waals surface area contributed by atoms with Gasteiger partial charge in [-0.15, -0.1) is 0 Å². The summed E-state index contributed by atoms with van der Waals surface area (Å²) in [5.74, 6) is 0.888. The molecule has 1 aliphatic rings. The van der Waals surface area contributed by atoms with Gasteiger partial charge < -0.3 is 14.8 Å². The lowest BCUT2D eigenvalue weighted by atomic mass is 9.96. The Hall–Kier alpha value is -1.06. The van der Waals surface area contributed by atoms with E-state index in [0.29, 0.717) is 0 Å². The molecule has 1 aliphatic heterocycles. The fraction of sp³-hybridized carbons (Fsp3) is 0.600. The van der Waals surface area contributed by atoms with Crippen molar-refractivity contribution >= 4 is 0 Å². The molecular formula is C15H23NO2. The molecule has 1 N–H and O–H groups in total. The number of ether oxygens (including phenoxy) is 2. The van der Waals surface area contributed by atoms with E-state index in [2.05, 4.69) is 31.3 Å². The smallest absolute Gasteiger partial charge is 0.118 e. The van der Waals surface area contributed by atoms with Crippen LogP contribution in [0.15, 0.2) is 24.3 Å². The molecule has 1 heterocycles. The maximum absolute atomic E-state index is 6.27. The van der Waals surface area contributed by atoms with Crippen LogP contribution in [-0.2, 0) is 4.74 Å². The second-order valence-corrected chi connectivity index (χ2v) is 5.21. The van der Waals surface area contributed by atoms with E-state index < -0.39 is 0 Å². The molecule has 0 radical (unpaired) electrons. The van der Waals surface area contributed by atoms with Gasteiger partial charge in [-0.2, -0.15) is 0 Å². The Balaban J connectivity index is 2.07. The van der Waals surface area contributed by atoms with Gasteiger partial charge in [0.1, 0.15) is 5.75 Å². The molecule has 1 aromatic rings. The van der Waals surface area contributed by atoms with E-state index in [1.54, 1.807) is 7.11 Å². The Morgan fingerprint density at radius 1 is 1.39 bits per heavy atom. The minimum atomic E-state index is -0.0441. The van der Waals surface area contributed by atoms with Gasteiger partial charge in [0.2, 0.25) is 0 Å². The first-order valence-electron chi connectivity index (χ1n) is 6.69. The fourth-order valence-electron chi connectivity index (χ4n) is 2.58. The summed E-state index contributed by atoms with van der Waals surface area (Å²) in [6.45, 7) is 6.21. The highest BCUT2D eigenvalue weighted by molar-refractivity contribution is 5.29. The standard InChI is InChI=1S/C15H23NO2/c1-4-9-15(2)11-16-10-14(18-15)12-5-7-13(17-3)8-6-12/h5-8,14,16H,4,9-11H2,1-3H3. The molecule has 0 saturated carbocycles. The molecule has 1 saturated heterocycles. The molecule has 100 valence electrons. The predicted molar refractivity (Wildman–Crippen MR) is 73.0 cm³/mol. The maximum Gasteiger partial charge on any atom is 0.118 e. The van der Waals surface area contributed by atoms with Gasteiger partial charge >= 0.3 is 0 Å². The third kappa shape index (κ3) is 3.03. The van der Waals surface area contributed by atoms with Gasteiger partial charge in [0.15, 0.2) is 0 Å². The van der Waals surface area contributed by atoms with E-state index >= 15 is 0 Å². The molecule has 0 bridgehead atoms. The number of nitrogens with one attached hydrogen (secondary N) is 1. The van der Waals surface area contributed by atoms with E-state index in [1.807, 2.05) is 12.1 Å². The van der Waals surface area contributed by atoms with Crippen molar-refractivity contribution in [3.05, 3.63) is 29.8 Å². The summed E-state index contributed by atoms with van der Waals surface area (Å²) in [6, 6.07) is 8.15. The molecule has 0 aromatic heterocycles. The van der Waals surface area contributed by atoms with Crippen molar-refractivity contribution in [1.29, 1.82) is 0 Å². The molecule has 2 unspecified atom stereocenters. The summed E-state index contributed by atoms with van der Waals surface area (Å²) in [5.41, 5.74) is 1.17. The molecular weight excluding hydrogens is 226 g/mol. The maximum atomic E-state index is 6.27. The molecule has 1 aromatic carbocycles. The zero-order valence-electron chi connectivity index (χ0n) is 11.5. The van der Waals surface area contributed by atoms with Gasteiger partial charge in [-0.05, 0) is 31.0 Å². The number of rotatable bonds is 4. The van der Waals surface area contributed by atoms with Gasteiger partial charge in [-0.25, -0.2) is 0 Å². The monoisotopic (exact) mass is 249 g/mol. The molecule has 0 aliphatic carbocycles. The Morgan fingerprint density at radius 2 is 2.11 bits per heavy atom. The van der Waals surface area contributed by atoms with E-state index in [4.69, 9.17) is 9.47 Å². The quantitative estimate of drug-likeness (QED) is 0.890. The van der Waals surface area contributed by atoms with Crippen LogP contribution in [0.3, 0.4) is 0 Å². The summed E-state index contributed by atoms with van der Waals surface area (Å²) in [4.78, 5) is 0. The summed E-state index contributed by atoms with van der Waals surface area (Å²) in [7, 11) is 1.69. The molecule has 1 fully saturated rings. The first kappa shape index (κ1) is 13.4. The lowest BCUT2D eigenvalue weighted by Gasteiger charge is -2.39. The Morgan fingerprint density at radius 3 is 2.72 bits per heavy atom. The normalized spacial score (nSPS) is 28.1. The summed E-state index contributed by atoms with van der Waals surface area (Å²) < 4.78 is 11.5. The van der Waals surface area contributed by atoms with Crippen molar-refractivity contribution < 1.29 is 9.47 Å². The van der Waals surface area contributed by atoms with Gasteiger partial charge in [-0.1, -0.05) is 25.5 Å². The molecule has 2 rings (SSSR count). The van der Waals surface area contributed by atoms with E-state index in [1.165, 1.54) is 5.56 Å². The van der Waals surface area contributed by atoms with Crippen LogP contribution in [0.4, 0.5) is 0 Å². The van der Waals surface area contributed by atoms with Crippen molar-refractivity contribution in [2.75, 3.05) is 20.2 Å². The average Bonchev–Trinajstić information content (AvgIpc) is 2.39. The van der Waals surface area contributed by atoms with Crippen LogP contribution in [-0.4, -0.2) is 25.8 Å². The fourth-order valence-corrected chi connectivity index (χ4v) is 2.58. The topological polar surface area (TPSA) is 30.5 Å². The summed E-state index contributed by atoms with van der Waals surface area (Å²) >= 11 is 0. The average molecular weight is 249 g/mol. The van der Waals surface area contributed by atoms with Crippen LogP contribution >= 0.6 is 0 Å². The van der Waals surface area contributed by atoms with Gasteiger partial charge in [0.25, 0.3) is 0 Å². The molecule has 18 heavy (non-hydrogen) atoms. The lowest BCUT2D eigenvalue weighted by Crippen LogP contribution is -2.48. The molecule has 2 atom stereocenters. The highest BCUT2D eigenvalue weighted by Crippen LogP contribution is 2.30. The summed E-state index contributed by atoms with van der Waals surface area (Å²) in [6.07, 6.45) is 2.38. The van der Waals surface area contributed by atoms with Crippen molar-refractivity contribution in [3.63, 3.8) is 0 Å². The lowest BCUT2D eigenvalue weighted by molar-refractivity contribution is -0.112. The Bertz CT molecular complexity index is 373. The van der Waals surface area contributed by atoms with E-state index in [9.17, 15) is 0 Å². The number of benzene rings is 1. The third-order valence-corrected chi connectivity index (χ3v) is 3.52. The van der Waals surface area contributed by atoms with Crippen molar-refractivity contribution in [1.82, 2.24) is 5.32 Å². The van der Waals surface area contributed by atoms with Crippen molar-refractivity contribution in [2.24, 2.45) is 0 Å².